The van der Waals surface area contributed by atoms with Gasteiger partial charge >= 0.3 is 6.18 Å². The molecule has 3 rings (SSSR count). The van der Waals surface area contributed by atoms with Gasteiger partial charge in [-0.3, -0.25) is 4.79 Å². The second-order valence-electron chi connectivity index (χ2n) is 6.86. The highest BCUT2D eigenvalue weighted by atomic mass is 19.4. The number of hydrogen-bond acceptors (Lipinski definition) is 5. The summed E-state index contributed by atoms with van der Waals surface area (Å²) >= 11 is 0. The molecule has 0 bridgehead atoms. The number of pyridine rings is 1. The van der Waals surface area contributed by atoms with Crippen LogP contribution in [0.25, 0.3) is 11.1 Å². The van der Waals surface area contributed by atoms with Crippen molar-refractivity contribution in [2.45, 2.75) is 6.18 Å². The number of carbonyl (C=O) groups is 1. The number of carbonyl (C=O) groups excluding carboxylic acids is 1. The summed E-state index contributed by atoms with van der Waals surface area (Å²) in [6, 6.07) is 14.9. The van der Waals surface area contributed by atoms with Crippen molar-refractivity contribution in [2.75, 3.05) is 24.7 Å². The molecule has 0 aliphatic carbocycles. The van der Waals surface area contributed by atoms with Crippen molar-refractivity contribution in [1.82, 2.24) is 10.3 Å². The number of amides is 1. The summed E-state index contributed by atoms with van der Waals surface area (Å²) in [7, 11) is 1.35. The van der Waals surface area contributed by atoms with E-state index >= 15 is 0 Å². The highest BCUT2D eigenvalue weighted by molar-refractivity contribution is 5.98. The van der Waals surface area contributed by atoms with Gasteiger partial charge in [0, 0.05) is 23.0 Å². The van der Waals surface area contributed by atoms with Gasteiger partial charge in [0.1, 0.15) is 12.3 Å². The first kappa shape index (κ1) is 23.4. The molecule has 0 aliphatic rings. The smallest absolute Gasteiger partial charge is 0.405 e. The number of halogens is 3. The Balaban J connectivity index is 1.70. The molecule has 0 aliphatic heterocycles. The lowest BCUT2D eigenvalue weighted by molar-refractivity contribution is -0.123. The molecule has 33 heavy (non-hydrogen) atoms. The van der Waals surface area contributed by atoms with Crippen LogP contribution in [0.1, 0.15) is 10.4 Å². The van der Waals surface area contributed by atoms with Gasteiger partial charge < -0.3 is 26.8 Å². The average Bonchev–Trinajstić information content (AvgIpc) is 2.78. The Kier molecular flexibility index (Phi) is 7.01. The number of methoxy groups -OCH3 is 1. The first-order valence-electron chi connectivity index (χ1n) is 9.61. The van der Waals surface area contributed by atoms with Crippen LogP contribution in [-0.4, -0.2) is 36.7 Å². The summed E-state index contributed by atoms with van der Waals surface area (Å²) in [6.07, 6.45) is -2.86. The Morgan fingerprint density at radius 1 is 1.09 bits per heavy atom. The van der Waals surface area contributed by atoms with E-state index in [0.717, 1.165) is 11.1 Å². The Hall–Kier alpha value is -4.28. The maximum atomic E-state index is 12.3. The lowest BCUT2D eigenvalue weighted by atomic mass is 10.1. The van der Waals surface area contributed by atoms with E-state index in [0.29, 0.717) is 17.2 Å². The molecule has 3 aromatic rings. The van der Waals surface area contributed by atoms with Crippen LogP contribution >= 0.6 is 0 Å². The average molecular weight is 458 g/mol. The van der Waals surface area contributed by atoms with E-state index in [1.807, 2.05) is 18.2 Å². The van der Waals surface area contributed by atoms with Gasteiger partial charge in [-0.25, -0.2) is 4.98 Å². The fraction of sp³-hybridized carbons (Fsp3) is 0.136. The zero-order chi connectivity index (χ0) is 24.0. The Morgan fingerprint density at radius 3 is 2.39 bits per heavy atom. The van der Waals surface area contributed by atoms with Crippen LogP contribution in [0.5, 0.6) is 5.75 Å². The molecule has 0 spiro atoms. The quantitative estimate of drug-likeness (QED) is 0.253. The molecule has 0 saturated carbocycles. The van der Waals surface area contributed by atoms with Crippen molar-refractivity contribution in [3.63, 3.8) is 0 Å². The molecule has 1 amide bonds. The maximum Gasteiger partial charge on any atom is 0.405 e. The summed E-state index contributed by atoms with van der Waals surface area (Å²) < 4.78 is 42.1. The second kappa shape index (κ2) is 9.90. The van der Waals surface area contributed by atoms with Crippen molar-refractivity contribution < 1.29 is 22.7 Å². The minimum absolute atomic E-state index is 0.00270. The van der Waals surface area contributed by atoms with E-state index in [1.165, 1.54) is 25.3 Å². The number of benzene rings is 2. The van der Waals surface area contributed by atoms with Crippen LogP contribution in [0.4, 0.5) is 30.4 Å². The molecular weight excluding hydrogens is 437 g/mol. The fourth-order valence-corrected chi connectivity index (χ4v) is 2.81. The van der Waals surface area contributed by atoms with Crippen molar-refractivity contribution >= 4 is 29.1 Å². The predicted octanol–water partition coefficient (Wildman–Crippen LogP) is 3.69. The zero-order valence-electron chi connectivity index (χ0n) is 17.5. The van der Waals surface area contributed by atoms with Crippen LogP contribution < -0.4 is 26.8 Å². The minimum Gasteiger partial charge on any atom is -0.495 e. The SMILES string of the molecule is COc1cc(C(=O)NCC(F)(F)F)ccc1NC(N)=Nc1ccc(-c2ccc(N)cc2)cn1. The third-order valence-corrected chi connectivity index (χ3v) is 4.40. The van der Waals surface area contributed by atoms with E-state index in [1.54, 1.807) is 29.7 Å². The Bertz CT molecular complexity index is 1150. The number of nitrogens with one attached hydrogen (secondary N) is 2. The Morgan fingerprint density at radius 2 is 1.79 bits per heavy atom. The highest BCUT2D eigenvalue weighted by Crippen LogP contribution is 2.26. The number of nitrogens with zero attached hydrogens (tertiary/aromatic N) is 2. The summed E-state index contributed by atoms with van der Waals surface area (Å²) in [6.45, 7) is -1.43. The summed E-state index contributed by atoms with van der Waals surface area (Å²) in [5.74, 6) is -0.347. The van der Waals surface area contributed by atoms with Crippen molar-refractivity contribution in [2.24, 2.45) is 10.7 Å². The molecule has 2 aromatic carbocycles. The van der Waals surface area contributed by atoms with Crippen LogP contribution in [0, 0.1) is 0 Å². The van der Waals surface area contributed by atoms with E-state index in [-0.39, 0.29) is 17.3 Å². The highest BCUT2D eigenvalue weighted by Gasteiger charge is 2.28. The van der Waals surface area contributed by atoms with E-state index < -0.39 is 18.6 Å². The van der Waals surface area contributed by atoms with Gasteiger partial charge in [-0.15, -0.1) is 0 Å². The first-order chi connectivity index (χ1) is 15.6. The van der Waals surface area contributed by atoms with Gasteiger partial charge in [0.05, 0.1) is 12.8 Å². The number of anilines is 2. The number of hydrogen-bond donors (Lipinski definition) is 4. The summed E-state index contributed by atoms with van der Waals surface area (Å²) in [5.41, 5.74) is 14.5. The van der Waals surface area contributed by atoms with Gasteiger partial charge in [-0.1, -0.05) is 12.1 Å². The molecule has 6 N–H and O–H groups in total. The summed E-state index contributed by atoms with van der Waals surface area (Å²) in [4.78, 5) is 20.4. The zero-order valence-corrected chi connectivity index (χ0v) is 17.5. The molecule has 0 unspecified atom stereocenters. The number of alkyl halides is 3. The van der Waals surface area contributed by atoms with Crippen molar-refractivity contribution in [1.29, 1.82) is 0 Å². The van der Waals surface area contributed by atoms with Crippen LogP contribution in [0.2, 0.25) is 0 Å². The lowest BCUT2D eigenvalue weighted by Crippen LogP contribution is -2.33. The number of ether oxygens (including phenoxy) is 1. The molecule has 0 fully saturated rings. The van der Waals surface area contributed by atoms with E-state index in [4.69, 9.17) is 16.2 Å². The van der Waals surface area contributed by atoms with Gasteiger partial charge in [0.2, 0.25) is 0 Å². The number of aromatic nitrogens is 1. The standard InChI is InChI=1S/C22H21F3N6O2/c1-33-18-10-14(20(32)29-12-22(23,24)25)4-8-17(18)30-21(27)31-19-9-5-15(11-28-19)13-2-6-16(26)7-3-13/h2-11H,12,26H2,1H3,(H,29,32)(H3,27,28,30,31). The lowest BCUT2D eigenvalue weighted by Gasteiger charge is -2.13. The van der Waals surface area contributed by atoms with E-state index in [2.05, 4.69) is 15.3 Å². The normalized spacial score (nSPS) is 11.7. The topological polar surface area (TPSA) is 128 Å². The molecular formula is C22H21F3N6O2. The van der Waals surface area contributed by atoms with Gasteiger partial charge in [0.25, 0.3) is 5.91 Å². The monoisotopic (exact) mass is 458 g/mol. The number of aliphatic imine (C=N–C) groups is 1. The molecule has 0 radical (unpaired) electrons. The largest absolute Gasteiger partial charge is 0.495 e. The van der Waals surface area contributed by atoms with Crippen LogP contribution in [-0.2, 0) is 0 Å². The molecule has 11 heteroatoms. The molecule has 8 nitrogen and oxygen atoms in total. The van der Waals surface area contributed by atoms with Crippen LogP contribution in [0.15, 0.2) is 65.8 Å². The molecule has 0 saturated heterocycles. The third kappa shape index (κ3) is 6.60. The summed E-state index contributed by atoms with van der Waals surface area (Å²) in [5, 5.41) is 4.62. The molecule has 0 atom stereocenters. The van der Waals surface area contributed by atoms with Gasteiger partial charge in [-0.2, -0.15) is 18.2 Å². The van der Waals surface area contributed by atoms with Gasteiger partial charge in [0.15, 0.2) is 11.8 Å². The van der Waals surface area contributed by atoms with E-state index in [9.17, 15) is 18.0 Å². The van der Waals surface area contributed by atoms with Crippen LogP contribution in [0.3, 0.4) is 0 Å². The van der Waals surface area contributed by atoms with Crippen molar-refractivity contribution in [3.05, 3.63) is 66.4 Å². The van der Waals surface area contributed by atoms with Crippen molar-refractivity contribution in [3.8, 4) is 16.9 Å². The number of nitrogens with two attached hydrogens (primary N) is 2. The Labute approximate surface area is 187 Å². The number of guanidine groups is 1. The first-order valence-corrected chi connectivity index (χ1v) is 9.61. The van der Waals surface area contributed by atoms with Gasteiger partial charge in [-0.05, 0) is 48.0 Å². The number of rotatable bonds is 6. The molecule has 1 aromatic heterocycles. The fourth-order valence-electron chi connectivity index (χ4n) is 2.81. The minimum atomic E-state index is -4.51. The second-order valence-corrected chi connectivity index (χ2v) is 6.86. The maximum absolute atomic E-state index is 12.3. The molecule has 1 heterocycles. The number of nitrogen functional groups attached to an aromatic ring is 1. The molecule has 172 valence electrons. The third-order valence-electron chi connectivity index (χ3n) is 4.40. The predicted molar refractivity (Wildman–Crippen MR) is 120 cm³/mol.